The van der Waals surface area contributed by atoms with Crippen molar-refractivity contribution < 1.29 is 9.59 Å². The summed E-state index contributed by atoms with van der Waals surface area (Å²) in [6.07, 6.45) is 4.95. The van der Waals surface area contributed by atoms with E-state index >= 15 is 0 Å². The Labute approximate surface area is 128 Å². The van der Waals surface area contributed by atoms with Gasteiger partial charge in [0.25, 0.3) is 0 Å². The van der Waals surface area contributed by atoms with Crippen LogP contribution in [0.15, 0.2) is 0 Å². The summed E-state index contributed by atoms with van der Waals surface area (Å²) in [6, 6.07) is 0. The van der Waals surface area contributed by atoms with Crippen LogP contribution in [0, 0.1) is 0 Å². The summed E-state index contributed by atoms with van der Waals surface area (Å²) in [5, 5.41) is 1.38. The Morgan fingerprint density at radius 2 is 1.63 bits per heavy atom. The average Bonchev–Trinajstić information content (AvgIpc) is 2.37. The van der Waals surface area contributed by atoms with Crippen LogP contribution in [0.1, 0.15) is 45.4 Å². The van der Waals surface area contributed by atoms with Crippen LogP contribution < -0.4 is 0 Å². The molecule has 1 fully saturated rings. The van der Waals surface area contributed by atoms with E-state index in [1.165, 1.54) is 0 Å². The highest BCUT2D eigenvalue weighted by Gasteiger charge is 2.33. The summed E-state index contributed by atoms with van der Waals surface area (Å²) < 4.78 is 0. The second-order valence-electron chi connectivity index (χ2n) is 4.65. The predicted molar refractivity (Wildman–Crippen MR) is 83.2 cm³/mol. The fourth-order valence-electron chi connectivity index (χ4n) is 1.98. The van der Waals surface area contributed by atoms with Gasteiger partial charge in [0.15, 0.2) is 5.11 Å². The van der Waals surface area contributed by atoms with Crippen molar-refractivity contribution in [3.8, 4) is 0 Å². The van der Waals surface area contributed by atoms with Crippen molar-refractivity contribution in [3.05, 3.63) is 0 Å². The molecule has 108 valence electrons. The third-order valence-corrected chi connectivity index (χ3v) is 4.12. The first kappa shape index (κ1) is 16.6. The van der Waals surface area contributed by atoms with Gasteiger partial charge in [0.05, 0.1) is 0 Å². The van der Waals surface area contributed by atoms with E-state index in [4.69, 9.17) is 12.2 Å². The third kappa shape index (κ3) is 4.84. The minimum atomic E-state index is -0.153. The van der Waals surface area contributed by atoms with Crippen molar-refractivity contribution in [2.75, 3.05) is 18.4 Å². The lowest BCUT2D eigenvalue weighted by Crippen LogP contribution is -2.55. The molecule has 6 heteroatoms. The molecule has 1 aliphatic rings. The van der Waals surface area contributed by atoms with Gasteiger partial charge in [0.2, 0.25) is 11.8 Å². The van der Waals surface area contributed by atoms with Crippen molar-refractivity contribution >= 4 is 45.1 Å². The Morgan fingerprint density at radius 1 is 1.05 bits per heavy atom. The smallest absolute Gasteiger partial charge is 0.238 e. The minimum Gasteiger partial charge on any atom is -0.288 e. The standard InChI is InChI=1S/C13H21BrN2O2S/c1-2-3-8-15-11(17)10-12(18)16(13(15)19)9-6-4-5-7-14/h2-10H2,1H3. The molecule has 0 saturated carbocycles. The molecule has 1 saturated heterocycles. The van der Waals surface area contributed by atoms with Gasteiger partial charge in [0, 0.05) is 18.4 Å². The van der Waals surface area contributed by atoms with Crippen LogP contribution >= 0.6 is 28.1 Å². The van der Waals surface area contributed by atoms with Gasteiger partial charge in [-0.15, -0.1) is 0 Å². The third-order valence-electron chi connectivity index (χ3n) is 3.12. The molecular weight excluding hydrogens is 328 g/mol. The maximum atomic E-state index is 11.9. The zero-order chi connectivity index (χ0) is 14.3. The van der Waals surface area contributed by atoms with Crippen LogP contribution in [0.25, 0.3) is 0 Å². The maximum absolute atomic E-state index is 11.9. The van der Waals surface area contributed by atoms with Crippen molar-refractivity contribution in [2.45, 2.75) is 45.4 Å². The first-order chi connectivity index (χ1) is 9.11. The zero-order valence-electron chi connectivity index (χ0n) is 11.4. The van der Waals surface area contributed by atoms with E-state index in [0.717, 1.165) is 37.4 Å². The van der Waals surface area contributed by atoms with Crippen LogP contribution in [0.2, 0.25) is 0 Å². The monoisotopic (exact) mass is 348 g/mol. The van der Waals surface area contributed by atoms with Gasteiger partial charge < -0.3 is 0 Å². The van der Waals surface area contributed by atoms with Crippen molar-refractivity contribution in [2.24, 2.45) is 0 Å². The number of carbonyl (C=O) groups excluding carboxylic acids is 2. The van der Waals surface area contributed by atoms with E-state index < -0.39 is 0 Å². The molecule has 0 N–H and O–H groups in total. The van der Waals surface area contributed by atoms with Gasteiger partial charge >= 0.3 is 0 Å². The Kier molecular flexibility index (Phi) is 7.53. The molecule has 0 aromatic heterocycles. The predicted octanol–water partition coefficient (Wildman–Crippen LogP) is 2.70. The summed E-state index contributed by atoms with van der Waals surface area (Å²) in [4.78, 5) is 26.9. The van der Waals surface area contributed by atoms with Gasteiger partial charge in [-0.1, -0.05) is 35.7 Å². The van der Waals surface area contributed by atoms with E-state index in [0.29, 0.717) is 18.2 Å². The SMILES string of the molecule is CCCCN1C(=O)CC(=O)N(CCCCCBr)C1=S. The highest BCUT2D eigenvalue weighted by atomic mass is 79.9. The number of thiocarbonyl (C=S) groups is 1. The molecule has 0 spiro atoms. The number of unbranched alkanes of at least 4 members (excludes halogenated alkanes) is 3. The largest absolute Gasteiger partial charge is 0.288 e. The maximum Gasteiger partial charge on any atom is 0.238 e. The molecule has 0 aromatic rings. The molecule has 0 bridgehead atoms. The van der Waals surface area contributed by atoms with Gasteiger partial charge in [-0.05, 0) is 31.5 Å². The normalized spacial score (nSPS) is 16.4. The highest BCUT2D eigenvalue weighted by Crippen LogP contribution is 2.15. The van der Waals surface area contributed by atoms with Gasteiger partial charge in [-0.3, -0.25) is 19.4 Å². The molecule has 1 heterocycles. The number of nitrogens with zero attached hydrogens (tertiary/aromatic N) is 2. The molecule has 0 unspecified atom stereocenters. The quantitative estimate of drug-likeness (QED) is 0.293. The summed E-state index contributed by atoms with van der Waals surface area (Å²) in [5.41, 5.74) is 0. The summed E-state index contributed by atoms with van der Waals surface area (Å²) in [7, 11) is 0. The number of halogens is 1. The Balaban J connectivity index is 2.56. The zero-order valence-corrected chi connectivity index (χ0v) is 13.8. The number of amides is 2. The number of hydrogen-bond donors (Lipinski definition) is 0. The second-order valence-corrected chi connectivity index (χ2v) is 5.81. The lowest BCUT2D eigenvalue weighted by Gasteiger charge is -2.35. The highest BCUT2D eigenvalue weighted by molar-refractivity contribution is 9.09. The Morgan fingerprint density at radius 3 is 2.16 bits per heavy atom. The van der Waals surface area contributed by atoms with Crippen molar-refractivity contribution in [1.82, 2.24) is 9.80 Å². The van der Waals surface area contributed by atoms with Crippen LogP contribution in [0.4, 0.5) is 0 Å². The van der Waals surface area contributed by atoms with E-state index in [1.54, 1.807) is 9.80 Å². The first-order valence-electron chi connectivity index (χ1n) is 6.82. The van der Waals surface area contributed by atoms with Crippen LogP contribution in [0.3, 0.4) is 0 Å². The molecule has 0 aromatic carbocycles. The summed E-state index contributed by atoms with van der Waals surface area (Å²) in [6.45, 7) is 3.32. The number of alkyl halides is 1. The van der Waals surface area contributed by atoms with E-state index in [1.807, 2.05) is 0 Å². The number of carbonyl (C=O) groups is 2. The molecule has 2 amide bonds. The number of rotatable bonds is 8. The van der Waals surface area contributed by atoms with E-state index in [9.17, 15) is 9.59 Å². The van der Waals surface area contributed by atoms with E-state index in [2.05, 4.69) is 22.9 Å². The van der Waals surface area contributed by atoms with Crippen molar-refractivity contribution in [3.63, 3.8) is 0 Å². The van der Waals surface area contributed by atoms with Gasteiger partial charge in [0.1, 0.15) is 6.42 Å². The summed E-state index contributed by atoms with van der Waals surface area (Å²) in [5.74, 6) is -0.304. The summed E-state index contributed by atoms with van der Waals surface area (Å²) >= 11 is 8.68. The molecule has 19 heavy (non-hydrogen) atoms. The van der Waals surface area contributed by atoms with Crippen LogP contribution in [-0.4, -0.2) is 45.1 Å². The minimum absolute atomic E-state index is 0.0394. The number of hydrogen-bond acceptors (Lipinski definition) is 3. The van der Waals surface area contributed by atoms with Crippen LogP contribution in [-0.2, 0) is 9.59 Å². The van der Waals surface area contributed by atoms with Crippen LogP contribution in [0.5, 0.6) is 0 Å². The lowest BCUT2D eigenvalue weighted by molar-refractivity contribution is -0.140. The molecular formula is C13H21BrN2O2S. The Bertz CT molecular complexity index is 350. The van der Waals surface area contributed by atoms with Gasteiger partial charge in [-0.2, -0.15) is 0 Å². The topological polar surface area (TPSA) is 40.6 Å². The first-order valence-corrected chi connectivity index (χ1v) is 8.35. The van der Waals surface area contributed by atoms with Crippen molar-refractivity contribution in [1.29, 1.82) is 0 Å². The van der Waals surface area contributed by atoms with E-state index in [-0.39, 0.29) is 18.2 Å². The lowest BCUT2D eigenvalue weighted by atomic mass is 10.2. The molecule has 1 aliphatic heterocycles. The molecule has 0 atom stereocenters. The van der Waals surface area contributed by atoms with Gasteiger partial charge in [-0.25, -0.2) is 0 Å². The molecule has 0 aliphatic carbocycles. The fraction of sp³-hybridized carbons (Fsp3) is 0.769. The fourth-order valence-corrected chi connectivity index (χ4v) is 2.76. The molecule has 4 nitrogen and oxygen atoms in total. The Hall–Kier alpha value is -0.490. The average molecular weight is 349 g/mol. The second kappa shape index (κ2) is 8.64. The molecule has 1 rings (SSSR count). The molecule has 0 radical (unpaired) electrons.